The lowest BCUT2D eigenvalue weighted by molar-refractivity contribution is 0.159. The van der Waals surface area contributed by atoms with Crippen LogP contribution in [-0.4, -0.2) is 16.3 Å². The minimum absolute atomic E-state index is 0.385. The summed E-state index contributed by atoms with van der Waals surface area (Å²) in [6.45, 7) is 5.43. The van der Waals surface area contributed by atoms with Gasteiger partial charge >= 0.3 is 0 Å². The number of hydrogen-bond acceptors (Lipinski definition) is 2. The Balaban J connectivity index is 2.22. The summed E-state index contributed by atoms with van der Waals surface area (Å²) in [6, 6.07) is 13.9. The summed E-state index contributed by atoms with van der Waals surface area (Å²) in [7, 11) is 0. The first-order valence-electron chi connectivity index (χ1n) is 6.10. The smallest absolute Gasteiger partial charge is 0.0828 e. The minimum atomic E-state index is -0.614. The molecule has 0 saturated heterocycles. The van der Waals surface area contributed by atoms with E-state index in [2.05, 4.69) is 6.58 Å². The van der Waals surface area contributed by atoms with Gasteiger partial charge in [0.1, 0.15) is 0 Å². The van der Waals surface area contributed by atoms with Crippen molar-refractivity contribution in [2.24, 2.45) is 0 Å². The summed E-state index contributed by atoms with van der Waals surface area (Å²) >= 11 is 0. The van der Waals surface area contributed by atoms with Crippen molar-refractivity contribution >= 4 is 10.8 Å². The first-order valence-corrected chi connectivity index (χ1v) is 6.10. The summed E-state index contributed by atoms with van der Waals surface area (Å²) in [4.78, 5) is 0. The average Bonchev–Trinajstić information content (AvgIpc) is 2.37. The zero-order valence-electron chi connectivity index (χ0n) is 10.5. The molecule has 2 heteroatoms. The fraction of sp³-hybridized carbons (Fsp3) is 0.250. The molecule has 2 atom stereocenters. The van der Waals surface area contributed by atoms with Gasteiger partial charge in [0.05, 0.1) is 12.2 Å². The first kappa shape index (κ1) is 12.8. The second-order valence-electron chi connectivity index (χ2n) is 4.66. The summed E-state index contributed by atoms with van der Waals surface area (Å²) in [6.07, 6.45) is -0.812. The van der Waals surface area contributed by atoms with Crippen molar-refractivity contribution in [3.63, 3.8) is 0 Å². The molecule has 0 aliphatic heterocycles. The molecule has 0 fully saturated rings. The Morgan fingerprint density at radius 1 is 1.11 bits per heavy atom. The van der Waals surface area contributed by atoms with Gasteiger partial charge in [0.2, 0.25) is 0 Å². The Kier molecular flexibility index (Phi) is 3.80. The van der Waals surface area contributed by atoms with Crippen LogP contribution in [0.15, 0.2) is 54.6 Å². The summed E-state index contributed by atoms with van der Waals surface area (Å²) in [5.41, 5.74) is 1.51. The van der Waals surface area contributed by atoms with E-state index < -0.39 is 12.2 Å². The summed E-state index contributed by atoms with van der Waals surface area (Å²) < 4.78 is 0. The van der Waals surface area contributed by atoms with Gasteiger partial charge < -0.3 is 10.2 Å². The molecule has 2 aromatic carbocycles. The van der Waals surface area contributed by atoms with Gasteiger partial charge in [-0.2, -0.15) is 0 Å². The Morgan fingerprint density at radius 3 is 2.44 bits per heavy atom. The Bertz CT molecular complexity index is 558. The van der Waals surface area contributed by atoms with Crippen LogP contribution in [0.25, 0.3) is 10.8 Å². The van der Waals surface area contributed by atoms with Crippen LogP contribution >= 0.6 is 0 Å². The highest BCUT2D eigenvalue weighted by Crippen LogP contribution is 2.25. The van der Waals surface area contributed by atoms with Crippen molar-refractivity contribution in [1.82, 2.24) is 0 Å². The van der Waals surface area contributed by atoms with Crippen molar-refractivity contribution in [3.05, 3.63) is 60.2 Å². The predicted octanol–water partition coefficient (Wildman–Crippen LogP) is 3.20. The van der Waals surface area contributed by atoms with Crippen molar-refractivity contribution in [2.45, 2.75) is 25.6 Å². The summed E-state index contributed by atoms with van der Waals surface area (Å²) in [5.74, 6) is 0. The van der Waals surface area contributed by atoms with Crippen LogP contribution < -0.4 is 0 Å². The second-order valence-corrected chi connectivity index (χ2v) is 4.66. The third-order valence-electron chi connectivity index (χ3n) is 3.20. The van der Waals surface area contributed by atoms with Gasteiger partial charge in [-0.15, -0.1) is 0 Å². The maximum absolute atomic E-state index is 10.1. The molecule has 2 nitrogen and oxygen atoms in total. The Morgan fingerprint density at radius 2 is 1.78 bits per heavy atom. The van der Waals surface area contributed by atoms with Gasteiger partial charge in [0, 0.05) is 6.42 Å². The molecule has 0 aromatic heterocycles. The van der Waals surface area contributed by atoms with E-state index >= 15 is 0 Å². The van der Waals surface area contributed by atoms with Crippen molar-refractivity contribution in [2.75, 3.05) is 0 Å². The first-order chi connectivity index (χ1) is 8.58. The standard InChI is InChI=1S/C16H18O2/c1-11(12(2)17)9-16(18)15-8-7-13-5-3-4-6-14(13)10-15/h3-8,10,12,16-18H,1,9H2,2H3/t12-,16-/m1/s1. The van der Waals surface area contributed by atoms with Gasteiger partial charge in [-0.1, -0.05) is 43.0 Å². The number of fused-ring (bicyclic) bond motifs is 1. The minimum Gasteiger partial charge on any atom is -0.389 e. The number of rotatable bonds is 4. The van der Waals surface area contributed by atoms with Crippen molar-refractivity contribution in [1.29, 1.82) is 0 Å². The average molecular weight is 242 g/mol. The van der Waals surface area contributed by atoms with E-state index in [0.717, 1.165) is 16.3 Å². The molecule has 0 radical (unpaired) electrons. The molecule has 2 aromatic rings. The van der Waals surface area contributed by atoms with Crippen LogP contribution in [0.5, 0.6) is 0 Å². The van der Waals surface area contributed by atoms with Crippen molar-refractivity contribution < 1.29 is 10.2 Å². The van der Waals surface area contributed by atoms with Crippen LogP contribution in [0, 0.1) is 0 Å². The maximum Gasteiger partial charge on any atom is 0.0828 e. The highest BCUT2D eigenvalue weighted by Gasteiger charge is 2.12. The van der Waals surface area contributed by atoms with Gasteiger partial charge in [-0.25, -0.2) is 0 Å². The lowest BCUT2D eigenvalue weighted by Crippen LogP contribution is -2.08. The monoisotopic (exact) mass is 242 g/mol. The topological polar surface area (TPSA) is 40.5 Å². The van der Waals surface area contributed by atoms with Crippen molar-refractivity contribution in [3.8, 4) is 0 Å². The molecule has 0 aliphatic carbocycles. The quantitative estimate of drug-likeness (QED) is 0.808. The molecule has 2 rings (SSSR count). The SMILES string of the molecule is C=C(C[C@@H](O)c1ccc2ccccc2c1)[C@@H](C)O. The van der Waals surface area contributed by atoms with E-state index in [1.807, 2.05) is 42.5 Å². The lowest BCUT2D eigenvalue weighted by Gasteiger charge is -2.15. The predicted molar refractivity (Wildman–Crippen MR) is 74.3 cm³/mol. The van der Waals surface area contributed by atoms with E-state index in [0.29, 0.717) is 12.0 Å². The zero-order chi connectivity index (χ0) is 13.1. The van der Waals surface area contributed by atoms with Crippen LogP contribution in [0.3, 0.4) is 0 Å². The van der Waals surface area contributed by atoms with Crippen LogP contribution in [-0.2, 0) is 0 Å². The molecule has 0 bridgehead atoms. The molecule has 18 heavy (non-hydrogen) atoms. The Hall–Kier alpha value is -1.64. The van der Waals surface area contributed by atoms with E-state index in [1.165, 1.54) is 0 Å². The molecule has 2 N–H and O–H groups in total. The third kappa shape index (κ3) is 2.78. The fourth-order valence-electron chi connectivity index (χ4n) is 1.95. The fourth-order valence-corrected chi connectivity index (χ4v) is 1.95. The van der Waals surface area contributed by atoms with E-state index in [9.17, 15) is 10.2 Å². The maximum atomic E-state index is 10.1. The molecule has 0 amide bonds. The van der Waals surface area contributed by atoms with Crippen LogP contribution in [0.4, 0.5) is 0 Å². The normalized spacial score (nSPS) is 14.4. The molecule has 94 valence electrons. The zero-order valence-corrected chi connectivity index (χ0v) is 10.5. The Labute approximate surface area is 107 Å². The van der Waals surface area contributed by atoms with E-state index in [1.54, 1.807) is 6.92 Å². The van der Waals surface area contributed by atoms with E-state index in [-0.39, 0.29) is 0 Å². The molecule has 0 aliphatic rings. The molecule has 0 heterocycles. The number of benzene rings is 2. The van der Waals surface area contributed by atoms with Gasteiger partial charge in [0.25, 0.3) is 0 Å². The van der Waals surface area contributed by atoms with E-state index in [4.69, 9.17) is 0 Å². The molecule has 0 unspecified atom stereocenters. The molecule has 0 saturated carbocycles. The van der Waals surface area contributed by atoms with Crippen LogP contribution in [0.1, 0.15) is 25.0 Å². The van der Waals surface area contributed by atoms with Gasteiger partial charge in [-0.3, -0.25) is 0 Å². The highest BCUT2D eigenvalue weighted by molar-refractivity contribution is 5.83. The molecular weight excluding hydrogens is 224 g/mol. The van der Waals surface area contributed by atoms with Gasteiger partial charge in [-0.05, 0) is 34.9 Å². The summed E-state index contributed by atoms with van der Waals surface area (Å²) in [5, 5.41) is 21.8. The van der Waals surface area contributed by atoms with Crippen LogP contribution in [0.2, 0.25) is 0 Å². The van der Waals surface area contributed by atoms with Gasteiger partial charge in [0.15, 0.2) is 0 Å². The second kappa shape index (κ2) is 5.34. The number of aliphatic hydroxyl groups excluding tert-OH is 2. The highest BCUT2D eigenvalue weighted by atomic mass is 16.3. The molecule has 0 spiro atoms. The molecular formula is C16H18O2. The number of aliphatic hydroxyl groups is 2. The number of hydrogen-bond donors (Lipinski definition) is 2. The lowest BCUT2D eigenvalue weighted by atomic mass is 9.97. The third-order valence-corrected chi connectivity index (χ3v) is 3.20. The largest absolute Gasteiger partial charge is 0.389 e.